The van der Waals surface area contributed by atoms with Crippen molar-refractivity contribution < 1.29 is 19.1 Å². The summed E-state index contributed by atoms with van der Waals surface area (Å²) in [6.45, 7) is 2.00. The third-order valence-corrected chi connectivity index (χ3v) is 4.07. The molecular formula is C17H20N2O4. The molecule has 0 aliphatic heterocycles. The second-order valence-electron chi connectivity index (χ2n) is 5.99. The fraction of sp³-hybridized carbons (Fsp3) is 0.471. The number of benzene rings is 1. The Bertz CT molecular complexity index is 639. The summed E-state index contributed by atoms with van der Waals surface area (Å²) in [5.41, 5.74) is 0.742. The van der Waals surface area contributed by atoms with Crippen molar-refractivity contribution in [3.8, 4) is 0 Å². The molecule has 2 N–H and O–H groups in total. The van der Waals surface area contributed by atoms with Gasteiger partial charge in [-0.15, -0.1) is 0 Å². The van der Waals surface area contributed by atoms with E-state index in [1.54, 1.807) is 31.2 Å². The number of para-hydroxylation sites is 1. The van der Waals surface area contributed by atoms with Crippen molar-refractivity contribution in [3.63, 3.8) is 0 Å². The third kappa shape index (κ3) is 3.70. The fourth-order valence-electron chi connectivity index (χ4n) is 2.51. The van der Waals surface area contributed by atoms with Crippen molar-refractivity contribution in [3.05, 3.63) is 29.8 Å². The number of nitrogens with one attached hydrogen (secondary N) is 2. The highest BCUT2D eigenvalue weighted by molar-refractivity contribution is 6.04. The van der Waals surface area contributed by atoms with Crippen LogP contribution in [-0.2, 0) is 14.3 Å². The smallest absolute Gasteiger partial charge is 0.340 e. The first-order valence-corrected chi connectivity index (χ1v) is 7.97. The van der Waals surface area contributed by atoms with E-state index in [1.165, 1.54) is 0 Å². The van der Waals surface area contributed by atoms with Crippen LogP contribution in [0.3, 0.4) is 0 Å². The number of rotatable bonds is 6. The second kappa shape index (κ2) is 6.40. The minimum atomic E-state index is -0.470. The first-order valence-electron chi connectivity index (χ1n) is 7.97. The number of ether oxygens (including phenoxy) is 1. The molecule has 6 nitrogen and oxygen atoms in total. The lowest BCUT2D eigenvalue weighted by Crippen LogP contribution is -2.29. The van der Waals surface area contributed by atoms with Gasteiger partial charge in [0.25, 0.3) is 0 Å². The van der Waals surface area contributed by atoms with E-state index in [9.17, 15) is 14.4 Å². The third-order valence-electron chi connectivity index (χ3n) is 4.07. The fourth-order valence-corrected chi connectivity index (χ4v) is 2.51. The first kappa shape index (κ1) is 15.5. The molecule has 0 heterocycles. The monoisotopic (exact) mass is 316 g/mol. The molecule has 1 aromatic rings. The van der Waals surface area contributed by atoms with E-state index < -0.39 is 5.97 Å². The number of carbonyl (C=O) groups excluding carboxylic acids is 3. The van der Waals surface area contributed by atoms with Crippen LogP contribution in [-0.4, -0.2) is 30.4 Å². The van der Waals surface area contributed by atoms with E-state index in [1.807, 2.05) is 0 Å². The molecule has 2 saturated carbocycles. The van der Waals surface area contributed by atoms with Crippen molar-refractivity contribution in [2.75, 3.05) is 11.9 Å². The number of amides is 2. The zero-order valence-corrected chi connectivity index (χ0v) is 13.0. The van der Waals surface area contributed by atoms with Gasteiger partial charge in [-0.3, -0.25) is 9.59 Å². The number of hydrogen-bond acceptors (Lipinski definition) is 4. The average molecular weight is 316 g/mol. The predicted octanol–water partition coefficient (Wildman–Crippen LogP) is 1.72. The molecule has 2 amide bonds. The van der Waals surface area contributed by atoms with Crippen LogP contribution in [0.25, 0.3) is 0 Å². The maximum absolute atomic E-state index is 12.3. The highest BCUT2D eigenvalue weighted by Gasteiger charge is 2.49. The summed E-state index contributed by atoms with van der Waals surface area (Å²) in [5.74, 6) is -1.29. The number of carbonyl (C=O) groups is 3. The van der Waals surface area contributed by atoms with Crippen LogP contribution in [0.2, 0.25) is 0 Å². The Morgan fingerprint density at radius 2 is 1.83 bits per heavy atom. The van der Waals surface area contributed by atoms with Gasteiger partial charge in [-0.2, -0.15) is 0 Å². The van der Waals surface area contributed by atoms with Gasteiger partial charge in [-0.25, -0.2) is 4.79 Å². The van der Waals surface area contributed by atoms with Crippen LogP contribution < -0.4 is 10.6 Å². The largest absolute Gasteiger partial charge is 0.462 e. The van der Waals surface area contributed by atoms with Crippen LogP contribution in [0.4, 0.5) is 5.69 Å². The quantitative estimate of drug-likeness (QED) is 0.783. The van der Waals surface area contributed by atoms with Gasteiger partial charge in [0.2, 0.25) is 11.8 Å². The van der Waals surface area contributed by atoms with Gasteiger partial charge in [0.05, 0.1) is 29.7 Å². The van der Waals surface area contributed by atoms with E-state index in [0.29, 0.717) is 23.7 Å². The highest BCUT2D eigenvalue weighted by Crippen LogP contribution is 2.40. The lowest BCUT2D eigenvalue weighted by atomic mass is 10.1. The van der Waals surface area contributed by atoms with Gasteiger partial charge >= 0.3 is 5.97 Å². The van der Waals surface area contributed by atoms with Gasteiger partial charge in [0.1, 0.15) is 0 Å². The molecule has 6 heteroatoms. The molecule has 122 valence electrons. The lowest BCUT2D eigenvalue weighted by molar-refractivity contribution is -0.125. The van der Waals surface area contributed by atoms with Gasteiger partial charge < -0.3 is 15.4 Å². The summed E-state index contributed by atoms with van der Waals surface area (Å²) < 4.78 is 4.98. The van der Waals surface area contributed by atoms with Gasteiger partial charge in [-0.05, 0) is 38.3 Å². The van der Waals surface area contributed by atoms with Crippen LogP contribution in [0, 0.1) is 11.8 Å². The molecule has 0 saturated heterocycles. The van der Waals surface area contributed by atoms with E-state index in [0.717, 1.165) is 12.8 Å². The maximum atomic E-state index is 12.3. The second-order valence-corrected chi connectivity index (χ2v) is 5.99. The standard InChI is InChI=1S/C17H20N2O4/c1-2-23-17(22)11-5-3-4-6-14(11)19-16(21)13-9-12(13)15(20)18-10-7-8-10/h3-6,10,12-13H,2,7-9H2,1H3,(H,18,20)(H,19,21). The van der Waals surface area contributed by atoms with Crippen molar-refractivity contribution in [2.45, 2.75) is 32.2 Å². The van der Waals surface area contributed by atoms with Gasteiger partial charge in [0.15, 0.2) is 0 Å². The molecule has 3 rings (SSSR count). The Morgan fingerprint density at radius 1 is 1.13 bits per heavy atom. The Balaban J connectivity index is 1.60. The Kier molecular flexibility index (Phi) is 4.32. The summed E-state index contributed by atoms with van der Waals surface area (Å²) in [6, 6.07) is 7.02. The molecule has 0 radical (unpaired) electrons. The molecule has 2 unspecified atom stereocenters. The van der Waals surface area contributed by atoms with E-state index in [2.05, 4.69) is 10.6 Å². The molecule has 23 heavy (non-hydrogen) atoms. The Morgan fingerprint density at radius 3 is 2.52 bits per heavy atom. The van der Waals surface area contributed by atoms with E-state index in [-0.39, 0.29) is 30.3 Å². The van der Waals surface area contributed by atoms with E-state index in [4.69, 9.17) is 4.74 Å². The Labute approximate surface area is 134 Å². The van der Waals surface area contributed by atoms with Crippen LogP contribution in [0.15, 0.2) is 24.3 Å². The summed E-state index contributed by atoms with van der Waals surface area (Å²) in [6.07, 6.45) is 2.62. The van der Waals surface area contributed by atoms with E-state index >= 15 is 0 Å². The number of esters is 1. The normalized spacial score (nSPS) is 22.1. The van der Waals surface area contributed by atoms with Gasteiger partial charge in [-0.1, -0.05) is 12.1 Å². The molecular weight excluding hydrogens is 296 g/mol. The minimum absolute atomic E-state index is 0.0358. The number of hydrogen-bond donors (Lipinski definition) is 2. The number of anilines is 1. The molecule has 0 bridgehead atoms. The topological polar surface area (TPSA) is 84.5 Å². The average Bonchev–Trinajstić information content (AvgIpc) is 3.41. The summed E-state index contributed by atoms with van der Waals surface area (Å²) in [4.78, 5) is 36.1. The van der Waals surface area contributed by atoms with Gasteiger partial charge in [0, 0.05) is 6.04 Å². The molecule has 2 fully saturated rings. The molecule has 2 aliphatic rings. The predicted molar refractivity (Wildman–Crippen MR) is 83.8 cm³/mol. The van der Waals surface area contributed by atoms with Crippen molar-refractivity contribution in [1.82, 2.24) is 5.32 Å². The summed E-state index contributed by atoms with van der Waals surface area (Å²) in [5, 5.41) is 5.66. The molecule has 1 aromatic carbocycles. The van der Waals surface area contributed by atoms with Crippen molar-refractivity contribution >= 4 is 23.5 Å². The Hall–Kier alpha value is -2.37. The SMILES string of the molecule is CCOC(=O)c1ccccc1NC(=O)C1CC1C(=O)NC1CC1. The van der Waals surface area contributed by atoms with Crippen LogP contribution in [0.1, 0.15) is 36.5 Å². The highest BCUT2D eigenvalue weighted by atomic mass is 16.5. The molecule has 0 spiro atoms. The zero-order chi connectivity index (χ0) is 16.4. The zero-order valence-electron chi connectivity index (χ0n) is 13.0. The van der Waals surface area contributed by atoms with Crippen LogP contribution in [0.5, 0.6) is 0 Å². The summed E-state index contributed by atoms with van der Waals surface area (Å²) >= 11 is 0. The van der Waals surface area contributed by atoms with Crippen molar-refractivity contribution in [2.24, 2.45) is 11.8 Å². The van der Waals surface area contributed by atoms with Crippen molar-refractivity contribution in [1.29, 1.82) is 0 Å². The maximum Gasteiger partial charge on any atom is 0.340 e. The lowest BCUT2D eigenvalue weighted by Gasteiger charge is -2.10. The molecule has 2 atom stereocenters. The minimum Gasteiger partial charge on any atom is -0.462 e. The summed E-state index contributed by atoms with van der Waals surface area (Å²) in [7, 11) is 0. The first-order chi connectivity index (χ1) is 11.1. The molecule has 0 aromatic heterocycles. The molecule has 2 aliphatic carbocycles. The van der Waals surface area contributed by atoms with Crippen LogP contribution >= 0.6 is 0 Å².